The van der Waals surface area contributed by atoms with Gasteiger partial charge in [-0.25, -0.2) is 28.3 Å². The lowest BCUT2D eigenvalue weighted by Gasteiger charge is -2.32. The maximum atomic E-state index is 14.6. The molecule has 2 aliphatic rings. The Bertz CT molecular complexity index is 1540. The first kappa shape index (κ1) is 24.7. The number of halogens is 2. The van der Waals surface area contributed by atoms with Gasteiger partial charge in [0, 0.05) is 42.2 Å². The van der Waals surface area contributed by atoms with E-state index in [2.05, 4.69) is 15.0 Å². The molecular formula is C26H26F2N6O3S. The molecule has 38 heavy (non-hydrogen) atoms. The van der Waals surface area contributed by atoms with Gasteiger partial charge in [0.15, 0.2) is 17.3 Å². The van der Waals surface area contributed by atoms with E-state index in [1.807, 2.05) is 6.07 Å². The van der Waals surface area contributed by atoms with Crippen molar-refractivity contribution in [3.05, 3.63) is 80.3 Å². The van der Waals surface area contributed by atoms with Crippen molar-refractivity contribution < 1.29 is 18.3 Å². The first-order chi connectivity index (χ1) is 18.4. The number of nitrogens with zero attached hydrogens (tertiary/aromatic N) is 4. The minimum Gasteiger partial charge on any atom is -0.440 e. The summed E-state index contributed by atoms with van der Waals surface area (Å²) in [7, 11) is 0. The van der Waals surface area contributed by atoms with E-state index in [1.54, 1.807) is 33.3 Å². The molecular weight excluding hydrogens is 514 g/mol. The summed E-state index contributed by atoms with van der Waals surface area (Å²) in [5, 5.41) is 0. The molecule has 1 aromatic carbocycles. The fraction of sp³-hybridized carbons (Fsp3) is 0.385. The molecule has 0 bridgehead atoms. The van der Waals surface area contributed by atoms with Crippen LogP contribution < -0.4 is 11.4 Å². The van der Waals surface area contributed by atoms with Crippen LogP contribution in [0.3, 0.4) is 0 Å². The molecule has 1 amide bonds. The molecule has 0 spiro atoms. The Morgan fingerprint density at radius 3 is 2.74 bits per heavy atom. The number of likely N-dealkylation sites (tertiary alicyclic amines) is 1. The van der Waals surface area contributed by atoms with Crippen molar-refractivity contribution in [3.63, 3.8) is 0 Å². The van der Waals surface area contributed by atoms with E-state index >= 15 is 0 Å². The Labute approximate surface area is 220 Å². The van der Waals surface area contributed by atoms with E-state index in [0.717, 1.165) is 11.6 Å². The molecule has 1 fully saturated rings. The second-order valence-corrected chi connectivity index (χ2v) is 10.6. The molecule has 198 valence electrons. The number of nitrogens with two attached hydrogens (primary N) is 1. The number of pyridine rings is 1. The molecule has 1 aliphatic carbocycles. The second kappa shape index (κ2) is 9.91. The maximum Gasteiger partial charge on any atom is 0.410 e. The van der Waals surface area contributed by atoms with E-state index < -0.39 is 35.8 Å². The number of H-pyrrole nitrogens is 1. The molecule has 1 saturated heterocycles. The standard InChI is InChI=1S/C26H26F2N6O3S/c27-17-4-1-3-15(20(17)28)16-6-7-19(22-23(21(16)29)38-13-31-22)37-26(36)33-11-8-14(9-12-33)34-18-5-2-10-30-24(18)32-25(34)35/h1-5,10,13-14,16,19,21H,6-9,11-12,29H2,(H,30,32,35)/t16-,19?,21-/m0/s1. The Morgan fingerprint density at radius 2 is 1.92 bits per heavy atom. The Hall–Kier alpha value is -3.64. The van der Waals surface area contributed by atoms with Gasteiger partial charge >= 0.3 is 11.8 Å². The molecule has 12 heteroatoms. The van der Waals surface area contributed by atoms with Gasteiger partial charge in [-0.15, -0.1) is 11.3 Å². The van der Waals surface area contributed by atoms with Crippen molar-refractivity contribution in [1.29, 1.82) is 0 Å². The van der Waals surface area contributed by atoms with Gasteiger partial charge in [0.2, 0.25) is 0 Å². The van der Waals surface area contributed by atoms with Crippen LogP contribution in [0.1, 0.15) is 65.9 Å². The summed E-state index contributed by atoms with van der Waals surface area (Å²) in [6.07, 6.45) is 2.49. The van der Waals surface area contributed by atoms with Crippen LogP contribution in [-0.2, 0) is 4.74 Å². The zero-order valence-corrected chi connectivity index (χ0v) is 21.2. The molecule has 9 nitrogen and oxygen atoms in total. The third kappa shape index (κ3) is 4.27. The third-order valence-electron chi connectivity index (χ3n) is 7.61. The highest BCUT2D eigenvalue weighted by Crippen LogP contribution is 2.45. The average Bonchev–Trinajstić information content (AvgIpc) is 3.51. The van der Waals surface area contributed by atoms with Crippen LogP contribution in [0, 0.1) is 11.6 Å². The van der Waals surface area contributed by atoms with Crippen molar-refractivity contribution in [2.75, 3.05) is 13.1 Å². The van der Waals surface area contributed by atoms with Crippen molar-refractivity contribution in [3.8, 4) is 0 Å². The lowest BCUT2D eigenvalue weighted by molar-refractivity contribution is 0.0474. The van der Waals surface area contributed by atoms with Gasteiger partial charge in [-0.2, -0.15) is 0 Å². The van der Waals surface area contributed by atoms with Crippen molar-refractivity contribution in [2.24, 2.45) is 5.73 Å². The second-order valence-electron chi connectivity index (χ2n) is 9.72. The van der Waals surface area contributed by atoms with Gasteiger partial charge in [0.25, 0.3) is 0 Å². The van der Waals surface area contributed by atoms with Gasteiger partial charge in [0.05, 0.1) is 16.7 Å². The molecule has 4 aromatic rings. The average molecular weight is 541 g/mol. The highest BCUT2D eigenvalue weighted by atomic mass is 32.1. The summed E-state index contributed by atoms with van der Waals surface area (Å²) in [4.78, 5) is 39.5. The summed E-state index contributed by atoms with van der Waals surface area (Å²) in [5.74, 6) is -2.29. The SMILES string of the molecule is N[C@@H]1c2scnc2C(OC(=O)N2CCC(n3c(=O)[nH]c4ncccc43)CC2)CC[C@H]1c1cccc(F)c1F. The topological polar surface area (TPSA) is 119 Å². The van der Waals surface area contributed by atoms with Crippen molar-refractivity contribution in [2.45, 2.75) is 49.8 Å². The predicted molar refractivity (Wildman–Crippen MR) is 137 cm³/mol. The number of piperidine rings is 1. The van der Waals surface area contributed by atoms with E-state index in [4.69, 9.17) is 10.5 Å². The van der Waals surface area contributed by atoms with E-state index in [-0.39, 0.29) is 17.3 Å². The largest absolute Gasteiger partial charge is 0.440 e. The maximum absolute atomic E-state index is 14.6. The summed E-state index contributed by atoms with van der Waals surface area (Å²) in [6, 6.07) is 7.09. The van der Waals surface area contributed by atoms with Crippen LogP contribution in [0.5, 0.6) is 0 Å². The van der Waals surface area contributed by atoms with Gasteiger partial charge in [0.1, 0.15) is 6.10 Å². The number of nitrogens with one attached hydrogen (secondary N) is 1. The number of thiazole rings is 1. The molecule has 6 rings (SSSR count). The number of benzene rings is 1. The van der Waals surface area contributed by atoms with Crippen LogP contribution in [0.4, 0.5) is 13.6 Å². The van der Waals surface area contributed by atoms with Crippen LogP contribution in [0.25, 0.3) is 11.2 Å². The molecule has 3 N–H and O–H groups in total. The number of fused-ring (bicyclic) bond motifs is 2. The van der Waals surface area contributed by atoms with Gasteiger partial charge in [-0.1, -0.05) is 12.1 Å². The quantitative estimate of drug-likeness (QED) is 0.368. The Kier molecular flexibility index (Phi) is 6.44. The third-order valence-corrected chi connectivity index (χ3v) is 8.55. The first-order valence-corrected chi connectivity index (χ1v) is 13.4. The number of rotatable bonds is 3. The van der Waals surface area contributed by atoms with Crippen LogP contribution >= 0.6 is 11.3 Å². The van der Waals surface area contributed by atoms with Gasteiger partial charge in [-0.3, -0.25) is 9.55 Å². The number of hydrogen-bond donors (Lipinski definition) is 2. The fourth-order valence-electron chi connectivity index (χ4n) is 5.68. The fourth-order valence-corrected chi connectivity index (χ4v) is 6.59. The van der Waals surface area contributed by atoms with Crippen LogP contribution in [0.15, 0.2) is 46.8 Å². The van der Waals surface area contributed by atoms with E-state index in [9.17, 15) is 18.4 Å². The number of aromatic amines is 1. The number of aromatic nitrogens is 4. The normalized spacial score (nSPS) is 22.3. The molecule has 0 radical (unpaired) electrons. The van der Waals surface area contributed by atoms with Crippen LogP contribution in [-0.4, -0.2) is 43.6 Å². The number of hydrogen-bond acceptors (Lipinski definition) is 7. The minimum absolute atomic E-state index is 0.0626. The lowest BCUT2D eigenvalue weighted by atomic mass is 9.88. The zero-order valence-electron chi connectivity index (χ0n) is 20.3. The highest BCUT2D eigenvalue weighted by molar-refractivity contribution is 7.09. The number of amides is 1. The number of carbonyl (C=O) groups excluding carboxylic acids is 1. The van der Waals surface area contributed by atoms with Crippen molar-refractivity contribution in [1.82, 2.24) is 24.4 Å². The van der Waals surface area contributed by atoms with Crippen molar-refractivity contribution >= 4 is 28.6 Å². The van der Waals surface area contributed by atoms with Gasteiger partial charge < -0.3 is 15.4 Å². The van der Waals surface area contributed by atoms with E-state index in [1.165, 1.54) is 17.4 Å². The van der Waals surface area contributed by atoms with Crippen LogP contribution in [0.2, 0.25) is 0 Å². The van der Waals surface area contributed by atoms with Gasteiger partial charge in [-0.05, 0) is 49.4 Å². The lowest BCUT2D eigenvalue weighted by Crippen LogP contribution is -2.41. The monoisotopic (exact) mass is 540 g/mol. The summed E-state index contributed by atoms with van der Waals surface area (Å²) >= 11 is 1.33. The zero-order chi connectivity index (χ0) is 26.4. The highest BCUT2D eigenvalue weighted by Gasteiger charge is 2.37. The number of ether oxygens (including phenoxy) is 1. The molecule has 3 aromatic heterocycles. The Morgan fingerprint density at radius 1 is 1.11 bits per heavy atom. The van der Waals surface area contributed by atoms with E-state index in [0.29, 0.717) is 55.0 Å². The minimum atomic E-state index is -0.916. The molecule has 1 aliphatic heterocycles. The summed E-state index contributed by atoms with van der Waals surface area (Å²) in [5.41, 5.74) is 10.0. The number of imidazole rings is 1. The first-order valence-electron chi connectivity index (χ1n) is 12.6. The summed E-state index contributed by atoms with van der Waals surface area (Å²) in [6.45, 7) is 0.853. The summed E-state index contributed by atoms with van der Waals surface area (Å²) < 4.78 is 36.2. The smallest absolute Gasteiger partial charge is 0.410 e. The molecule has 1 unspecified atom stereocenters. The molecule has 0 saturated carbocycles. The number of carbonyl (C=O) groups is 1. The predicted octanol–water partition coefficient (Wildman–Crippen LogP) is 4.55. The Balaban J connectivity index is 1.16. The molecule has 4 heterocycles. The molecule has 3 atom stereocenters.